The zero-order valence-electron chi connectivity index (χ0n) is 7.03. The fourth-order valence-electron chi connectivity index (χ4n) is 0.613. The topological polar surface area (TPSA) is 173 Å². The Hall–Kier alpha value is 0.190. The molecule has 0 aliphatic carbocycles. The molecule has 90 valence electrons. The summed E-state index contributed by atoms with van der Waals surface area (Å²) in [5.41, 5.74) is 0. The molecular weight excluding hydrogens is 273 g/mol. The molecule has 0 amide bonds. The molecule has 0 radical (unpaired) electrons. The highest BCUT2D eigenvalue weighted by Gasteiger charge is 2.30. The molecule has 0 heterocycles. The van der Waals surface area contributed by atoms with Crippen molar-refractivity contribution in [3.63, 3.8) is 0 Å². The van der Waals surface area contributed by atoms with Gasteiger partial charge in [0, 0.05) is 5.82 Å². The van der Waals surface area contributed by atoms with Gasteiger partial charge >= 0.3 is 22.8 Å². The third-order valence-corrected chi connectivity index (χ3v) is 3.95. The second kappa shape index (κ2) is 4.59. The predicted molar refractivity (Wildman–Crippen MR) is 49.1 cm³/mol. The van der Waals surface area contributed by atoms with Crippen molar-refractivity contribution >= 4 is 22.8 Å². The van der Waals surface area contributed by atoms with Crippen molar-refractivity contribution in [3.8, 4) is 0 Å². The molecule has 0 unspecified atom stereocenters. The van der Waals surface area contributed by atoms with E-state index in [-0.39, 0.29) is 5.82 Å². The standard InChI is InChI=1S/C3H9O9P3/c4-13(5,6)1-3(15(10,11)12)2-14(7,8)9/h1H,2H2,(H2,4,5,6)(H2,7,8,9)(H2,10,11,12)/b3-1+. The first kappa shape index (κ1) is 15.2. The first-order chi connectivity index (χ1) is 6.31. The van der Waals surface area contributed by atoms with Gasteiger partial charge in [0.2, 0.25) is 0 Å². The van der Waals surface area contributed by atoms with Crippen molar-refractivity contribution in [1.29, 1.82) is 0 Å². The molecular formula is C3H9O9P3. The Balaban J connectivity index is 5.30. The van der Waals surface area contributed by atoms with Crippen molar-refractivity contribution in [3.05, 3.63) is 11.1 Å². The fraction of sp³-hybridized carbons (Fsp3) is 0.333. The number of rotatable bonds is 4. The maximum absolute atomic E-state index is 10.6. The molecule has 6 N–H and O–H groups in total. The van der Waals surface area contributed by atoms with Gasteiger partial charge < -0.3 is 29.4 Å². The van der Waals surface area contributed by atoms with E-state index >= 15 is 0 Å². The number of hydrogen-bond acceptors (Lipinski definition) is 3. The molecule has 12 heteroatoms. The van der Waals surface area contributed by atoms with E-state index in [1.165, 1.54) is 0 Å². The van der Waals surface area contributed by atoms with E-state index in [4.69, 9.17) is 29.4 Å². The summed E-state index contributed by atoms with van der Waals surface area (Å²) in [5.74, 6) is -0.132. The lowest BCUT2D eigenvalue weighted by Crippen LogP contribution is -1.95. The Morgan fingerprint density at radius 2 is 1.33 bits per heavy atom. The molecule has 0 atom stereocenters. The minimum Gasteiger partial charge on any atom is -0.324 e. The number of allylic oxidation sites excluding steroid dienone is 1. The van der Waals surface area contributed by atoms with Crippen LogP contribution in [0.2, 0.25) is 0 Å². The van der Waals surface area contributed by atoms with E-state index in [2.05, 4.69) is 0 Å². The van der Waals surface area contributed by atoms with Crippen LogP contribution >= 0.6 is 22.8 Å². The maximum atomic E-state index is 10.6. The fourth-order valence-corrected chi connectivity index (χ4v) is 4.09. The summed E-state index contributed by atoms with van der Waals surface area (Å²) in [7, 11) is -14.8. The molecule has 0 saturated heterocycles. The van der Waals surface area contributed by atoms with Gasteiger partial charge in [-0.2, -0.15) is 0 Å². The van der Waals surface area contributed by atoms with Gasteiger partial charge in [0.1, 0.15) is 0 Å². The van der Waals surface area contributed by atoms with Gasteiger partial charge in [0.15, 0.2) is 0 Å². The first-order valence-corrected chi connectivity index (χ1v) is 8.28. The van der Waals surface area contributed by atoms with E-state index in [0.29, 0.717) is 0 Å². The van der Waals surface area contributed by atoms with Gasteiger partial charge in [-0.1, -0.05) is 0 Å². The minimum atomic E-state index is -5.09. The van der Waals surface area contributed by atoms with Crippen molar-refractivity contribution in [1.82, 2.24) is 0 Å². The Labute approximate surface area is 83.9 Å². The molecule has 9 nitrogen and oxygen atoms in total. The summed E-state index contributed by atoms with van der Waals surface area (Å²) in [5, 5.41) is -1.27. The third kappa shape index (κ3) is 8.04. The highest BCUT2D eigenvalue weighted by atomic mass is 31.2. The van der Waals surface area contributed by atoms with Crippen LogP contribution in [0, 0.1) is 0 Å². The monoisotopic (exact) mass is 282 g/mol. The summed E-state index contributed by atoms with van der Waals surface area (Å²) in [6.07, 6.45) is -1.40. The molecule has 0 aromatic rings. The van der Waals surface area contributed by atoms with E-state index < -0.39 is 34.3 Å². The summed E-state index contributed by atoms with van der Waals surface area (Å²) in [6, 6.07) is 0. The van der Waals surface area contributed by atoms with Gasteiger partial charge in [-0.05, 0) is 0 Å². The van der Waals surface area contributed by atoms with Gasteiger partial charge in [0.25, 0.3) is 0 Å². The van der Waals surface area contributed by atoms with E-state index in [0.717, 1.165) is 0 Å². The van der Waals surface area contributed by atoms with Crippen LogP contribution in [-0.4, -0.2) is 35.5 Å². The van der Waals surface area contributed by atoms with Crippen molar-refractivity contribution < 1.29 is 43.1 Å². The lowest BCUT2D eigenvalue weighted by molar-refractivity contribution is 0.366. The van der Waals surface area contributed by atoms with Crippen LogP contribution in [0.5, 0.6) is 0 Å². The van der Waals surface area contributed by atoms with Crippen LogP contribution in [0.1, 0.15) is 0 Å². The van der Waals surface area contributed by atoms with Crippen LogP contribution < -0.4 is 0 Å². The highest BCUT2D eigenvalue weighted by molar-refractivity contribution is 7.62. The summed E-state index contributed by atoms with van der Waals surface area (Å²) < 4.78 is 31.5. The maximum Gasteiger partial charge on any atom is 0.353 e. The van der Waals surface area contributed by atoms with Gasteiger partial charge in [-0.3, -0.25) is 13.7 Å². The molecule has 0 rings (SSSR count). The second-order valence-electron chi connectivity index (χ2n) is 2.58. The van der Waals surface area contributed by atoms with Gasteiger partial charge in [0.05, 0.1) is 11.5 Å². The first-order valence-electron chi connectivity index (χ1n) is 3.19. The molecule has 0 saturated carbocycles. The molecule has 0 aliphatic heterocycles. The van der Waals surface area contributed by atoms with E-state index in [9.17, 15) is 13.7 Å². The van der Waals surface area contributed by atoms with Gasteiger partial charge in [-0.15, -0.1) is 0 Å². The summed E-state index contributed by atoms with van der Waals surface area (Å²) >= 11 is 0. The van der Waals surface area contributed by atoms with Crippen molar-refractivity contribution in [2.45, 2.75) is 0 Å². The summed E-state index contributed by atoms with van der Waals surface area (Å²) in [6.45, 7) is 0. The zero-order valence-corrected chi connectivity index (χ0v) is 9.72. The Morgan fingerprint density at radius 1 is 0.933 bits per heavy atom. The van der Waals surface area contributed by atoms with Crippen LogP contribution in [-0.2, 0) is 13.7 Å². The second-order valence-corrected chi connectivity index (χ2v) is 7.32. The van der Waals surface area contributed by atoms with Gasteiger partial charge in [-0.25, -0.2) is 0 Å². The molecule has 0 spiro atoms. The molecule has 0 bridgehead atoms. The molecule has 0 aliphatic rings. The molecule has 0 aromatic heterocycles. The zero-order chi connectivity index (χ0) is 12.5. The van der Waals surface area contributed by atoms with Crippen molar-refractivity contribution in [2.75, 3.05) is 6.16 Å². The Kier molecular flexibility index (Phi) is 4.65. The minimum absolute atomic E-state index is 0.132. The average Bonchev–Trinajstić information content (AvgIpc) is 1.75. The number of hydrogen-bond donors (Lipinski definition) is 6. The SMILES string of the molecule is O=P(O)(O)/C=C(\CP(=O)(O)O)P(=O)(O)O. The summed E-state index contributed by atoms with van der Waals surface area (Å²) in [4.78, 5) is 50.7. The van der Waals surface area contributed by atoms with Crippen LogP contribution in [0.15, 0.2) is 11.1 Å². The Morgan fingerprint density at radius 3 is 1.53 bits per heavy atom. The highest BCUT2D eigenvalue weighted by Crippen LogP contribution is 2.55. The molecule has 0 fully saturated rings. The van der Waals surface area contributed by atoms with Crippen LogP contribution in [0.3, 0.4) is 0 Å². The molecule has 0 aromatic carbocycles. The molecule has 15 heavy (non-hydrogen) atoms. The van der Waals surface area contributed by atoms with E-state index in [1.807, 2.05) is 0 Å². The smallest absolute Gasteiger partial charge is 0.324 e. The average molecular weight is 282 g/mol. The lowest BCUT2D eigenvalue weighted by Gasteiger charge is -2.10. The van der Waals surface area contributed by atoms with E-state index in [1.54, 1.807) is 0 Å². The third-order valence-electron chi connectivity index (χ3n) is 1.06. The Bertz CT molecular complexity index is 391. The normalized spacial score (nSPS) is 15.5. The lowest BCUT2D eigenvalue weighted by atomic mass is 10.7. The quantitative estimate of drug-likeness (QED) is 0.366. The van der Waals surface area contributed by atoms with Crippen LogP contribution in [0.4, 0.5) is 0 Å². The van der Waals surface area contributed by atoms with Crippen LogP contribution in [0.25, 0.3) is 0 Å². The largest absolute Gasteiger partial charge is 0.353 e. The predicted octanol–water partition coefficient (Wildman–Crippen LogP) is -0.639. The van der Waals surface area contributed by atoms with Crippen molar-refractivity contribution in [2.24, 2.45) is 0 Å².